The first kappa shape index (κ1) is 12.3. The molecule has 0 amide bonds. The Hall–Kier alpha value is -1.11. The lowest BCUT2D eigenvalue weighted by Gasteiger charge is -2.05. The van der Waals surface area contributed by atoms with E-state index in [-0.39, 0.29) is 0 Å². The SMILES string of the molecule is COc1nc2sccn2c1CNCCCCN. The van der Waals surface area contributed by atoms with Crippen LogP contribution in [0.2, 0.25) is 0 Å². The van der Waals surface area contributed by atoms with E-state index in [1.54, 1.807) is 18.4 Å². The third kappa shape index (κ3) is 2.77. The summed E-state index contributed by atoms with van der Waals surface area (Å²) in [7, 11) is 1.66. The summed E-state index contributed by atoms with van der Waals surface area (Å²) in [4.78, 5) is 5.38. The molecule has 6 heteroatoms. The van der Waals surface area contributed by atoms with Crippen molar-refractivity contribution in [2.45, 2.75) is 19.4 Å². The summed E-state index contributed by atoms with van der Waals surface area (Å²) in [5.74, 6) is 0.711. The average molecular weight is 254 g/mol. The lowest BCUT2D eigenvalue weighted by molar-refractivity contribution is 0.392. The van der Waals surface area contributed by atoms with Gasteiger partial charge in [-0.25, -0.2) is 0 Å². The monoisotopic (exact) mass is 254 g/mol. The zero-order valence-electron chi connectivity index (χ0n) is 9.98. The normalized spacial score (nSPS) is 11.2. The molecule has 94 valence electrons. The standard InChI is InChI=1S/C11H18N4OS/c1-16-10-9(8-13-5-3-2-4-12)15-6-7-17-11(15)14-10/h6-7,13H,2-5,8,12H2,1H3. The number of thiazole rings is 1. The van der Waals surface area contributed by atoms with Crippen LogP contribution in [-0.2, 0) is 6.54 Å². The van der Waals surface area contributed by atoms with Crippen molar-refractivity contribution in [2.75, 3.05) is 20.2 Å². The lowest BCUT2D eigenvalue weighted by atomic mass is 10.3. The summed E-state index contributed by atoms with van der Waals surface area (Å²) in [5, 5.41) is 5.41. The van der Waals surface area contributed by atoms with Crippen LogP contribution in [0.4, 0.5) is 0 Å². The molecular formula is C11H18N4OS. The predicted octanol–water partition coefficient (Wildman–Crippen LogP) is 1.23. The fraction of sp³-hybridized carbons (Fsp3) is 0.545. The van der Waals surface area contributed by atoms with Gasteiger partial charge in [0.15, 0.2) is 4.96 Å². The van der Waals surface area contributed by atoms with Gasteiger partial charge < -0.3 is 15.8 Å². The number of nitrogens with two attached hydrogens (primary N) is 1. The Balaban J connectivity index is 1.98. The van der Waals surface area contributed by atoms with Gasteiger partial charge in [-0.15, -0.1) is 11.3 Å². The van der Waals surface area contributed by atoms with Crippen LogP contribution >= 0.6 is 11.3 Å². The Labute approximate surface area is 105 Å². The first-order chi connectivity index (χ1) is 8.36. The van der Waals surface area contributed by atoms with Gasteiger partial charge >= 0.3 is 0 Å². The van der Waals surface area contributed by atoms with Crippen molar-refractivity contribution in [3.05, 3.63) is 17.3 Å². The Bertz CT molecular complexity index is 465. The molecule has 0 saturated carbocycles. The van der Waals surface area contributed by atoms with E-state index >= 15 is 0 Å². The topological polar surface area (TPSA) is 64.6 Å². The van der Waals surface area contributed by atoms with E-state index in [2.05, 4.69) is 14.7 Å². The lowest BCUT2D eigenvalue weighted by Crippen LogP contribution is -2.17. The van der Waals surface area contributed by atoms with Crippen LogP contribution in [0.15, 0.2) is 11.6 Å². The van der Waals surface area contributed by atoms with E-state index < -0.39 is 0 Å². The molecule has 0 aromatic carbocycles. The molecule has 2 aromatic heterocycles. The van der Waals surface area contributed by atoms with Crippen molar-refractivity contribution >= 4 is 16.3 Å². The summed E-state index contributed by atoms with van der Waals surface area (Å²) in [5.41, 5.74) is 6.53. The van der Waals surface area contributed by atoms with Crippen LogP contribution in [0.3, 0.4) is 0 Å². The van der Waals surface area contributed by atoms with Gasteiger partial charge in [-0.2, -0.15) is 4.98 Å². The predicted molar refractivity (Wildman–Crippen MR) is 69.6 cm³/mol. The molecule has 0 radical (unpaired) electrons. The number of unbranched alkanes of at least 4 members (excludes halogenated alkanes) is 1. The summed E-state index contributed by atoms with van der Waals surface area (Å²) < 4.78 is 7.35. The fourth-order valence-corrected chi connectivity index (χ4v) is 2.46. The number of ether oxygens (including phenoxy) is 1. The number of hydrogen-bond donors (Lipinski definition) is 2. The van der Waals surface area contributed by atoms with Crippen molar-refractivity contribution in [3.63, 3.8) is 0 Å². The largest absolute Gasteiger partial charge is 0.480 e. The Morgan fingerprint density at radius 1 is 1.53 bits per heavy atom. The number of rotatable bonds is 7. The van der Waals surface area contributed by atoms with Crippen molar-refractivity contribution in [2.24, 2.45) is 5.73 Å². The maximum Gasteiger partial charge on any atom is 0.237 e. The highest BCUT2D eigenvalue weighted by molar-refractivity contribution is 7.15. The highest BCUT2D eigenvalue weighted by Crippen LogP contribution is 2.22. The molecule has 0 atom stereocenters. The second-order valence-electron chi connectivity index (χ2n) is 3.80. The third-order valence-electron chi connectivity index (χ3n) is 2.62. The van der Waals surface area contributed by atoms with Crippen LogP contribution in [0.5, 0.6) is 5.88 Å². The molecule has 0 saturated heterocycles. The van der Waals surface area contributed by atoms with Crippen LogP contribution < -0.4 is 15.8 Å². The van der Waals surface area contributed by atoms with E-state index in [1.165, 1.54) is 0 Å². The fourth-order valence-electron chi connectivity index (χ4n) is 1.74. The summed E-state index contributed by atoms with van der Waals surface area (Å²) in [6, 6.07) is 0. The van der Waals surface area contributed by atoms with Gasteiger partial charge in [0.25, 0.3) is 0 Å². The van der Waals surface area contributed by atoms with Gasteiger partial charge in [0.05, 0.1) is 7.11 Å². The number of methoxy groups -OCH3 is 1. The molecule has 0 aliphatic heterocycles. The van der Waals surface area contributed by atoms with Gasteiger partial charge in [0.1, 0.15) is 5.69 Å². The molecule has 0 unspecified atom stereocenters. The molecule has 0 fully saturated rings. The van der Waals surface area contributed by atoms with Crippen molar-refractivity contribution < 1.29 is 4.74 Å². The molecule has 2 aromatic rings. The van der Waals surface area contributed by atoms with Crippen molar-refractivity contribution in [1.82, 2.24) is 14.7 Å². The van der Waals surface area contributed by atoms with Crippen molar-refractivity contribution in [3.8, 4) is 5.88 Å². The molecule has 17 heavy (non-hydrogen) atoms. The van der Waals surface area contributed by atoms with Gasteiger partial charge in [-0.1, -0.05) is 0 Å². The van der Waals surface area contributed by atoms with Crippen molar-refractivity contribution in [1.29, 1.82) is 0 Å². The minimum atomic E-state index is 0.711. The molecule has 0 bridgehead atoms. The molecule has 2 heterocycles. The first-order valence-corrected chi connectivity index (χ1v) is 6.64. The smallest absolute Gasteiger partial charge is 0.237 e. The highest BCUT2D eigenvalue weighted by atomic mass is 32.1. The van der Waals surface area contributed by atoms with E-state index in [0.717, 1.165) is 43.1 Å². The van der Waals surface area contributed by atoms with E-state index in [1.807, 2.05) is 11.6 Å². The summed E-state index contributed by atoms with van der Waals surface area (Å²) in [6.45, 7) is 2.50. The Morgan fingerprint density at radius 2 is 2.41 bits per heavy atom. The number of fused-ring (bicyclic) bond motifs is 1. The van der Waals surface area contributed by atoms with E-state index in [0.29, 0.717) is 5.88 Å². The summed E-state index contributed by atoms with van der Waals surface area (Å²) >= 11 is 1.61. The second kappa shape index (κ2) is 6.00. The Kier molecular flexibility index (Phi) is 4.36. The quantitative estimate of drug-likeness (QED) is 0.730. The third-order valence-corrected chi connectivity index (χ3v) is 3.37. The first-order valence-electron chi connectivity index (χ1n) is 5.76. The van der Waals surface area contributed by atoms with Gasteiger partial charge in [-0.05, 0) is 25.9 Å². The van der Waals surface area contributed by atoms with Gasteiger partial charge in [0.2, 0.25) is 5.88 Å². The van der Waals surface area contributed by atoms with Crippen LogP contribution in [0, 0.1) is 0 Å². The van der Waals surface area contributed by atoms with Crippen LogP contribution in [0.1, 0.15) is 18.5 Å². The highest BCUT2D eigenvalue weighted by Gasteiger charge is 2.12. The van der Waals surface area contributed by atoms with E-state index in [4.69, 9.17) is 10.5 Å². The number of imidazole rings is 1. The number of aromatic nitrogens is 2. The summed E-state index contributed by atoms with van der Waals surface area (Å²) in [6.07, 6.45) is 4.18. The molecule has 3 N–H and O–H groups in total. The zero-order chi connectivity index (χ0) is 12.1. The molecule has 5 nitrogen and oxygen atoms in total. The van der Waals surface area contributed by atoms with Gasteiger partial charge in [0, 0.05) is 18.1 Å². The minimum absolute atomic E-state index is 0.711. The van der Waals surface area contributed by atoms with E-state index in [9.17, 15) is 0 Å². The molecule has 0 spiro atoms. The van der Waals surface area contributed by atoms with Gasteiger partial charge in [-0.3, -0.25) is 4.40 Å². The maximum atomic E-state index is 5.45. The number of nitrogens with one attached hydrogen (secondary N) is 1. The van der Waals surface area contributed by atoms with Crippen LogP contribution in [-0.4, -0.2) is 29.6 Å². The second-order valence-corrected chi connectivity index (χ2v) is 4.67. The minimum Gasteiger partial charge on any atom is -0.480 e. The number of hydrogen-bond acceptors (Lipinski definition) is 5. The molecule has 0 aliphatic carbocycles. The maximum absolute atomic E-state index is 5.45. The molecule has 2 rings (SSSR count). The zero-order valence-corrected chi connectivity index (χ0v) is 10.8. The average Bonchev–Trinajstić information content (AvgIpc) is 2.90. The van der Waals surface area contributed by atoms with Crippen LogP contribution in [0.25, 0.3) is 4.96 Å². The molecular weight excluding hydrogens is 236 g/mol. The Morgan fingerprint density at radius 3 is 3.18 bits per heavy atom. The number of nitrogens with zero attached hydrogens (tertiary/aromatic N) is 2. The molecule has 0 aliphatic rings.